The Morgan fingerprint density at radius 1 is 0.926 bits per heavy atom. The summed E-state index contributed by atoms with van der Waals surface area (Å²) in [7, 11) is 0. The van der Waals surface area contributed by atoms with E-state index in [1.165, 1.54) is 19.3 Å². The number of amides is 3. The first-order valence-corrected chi connectivity index (χ1v) is 9.88. The van der Waals surface area contributed by atoms with Gasteiger partial charge in [0.1, 0.15) is 0 Å². The quantitative estimate of drug-likeness (QED) is 0.710. The monoisotopic (exact) mass is 369 g/mol. The maximum absolute atomic E-state index is 12.8. The fraction of sp³-hybridized carbons (Fsp3) is 0.571. The molecule has 1 aromatic carbocycles. The number of carbonyl (C=O) groups is 3. The average Bonchev–Trinajstić information content (AvgIpc) is 2.63. The van der Waals surface area contributed by atoms with Gasteiger partial charge in [-0.1, -0.05) is 17.7 Å². The van der Waals surface area contributed by atoms with E-state index in [-0.39, 0.29) is 23.8 Å². The molecular formula is C21H27N3O3. The predicted molar refractivity (Wildman–Crippen MR) is 100 cm³/mol. The fourth-order valence-corrected chi connectivity index (χ4v) is 5.68. The van der Waals surface area contributed by atoms with Crippen molar-refractivity contribution in [1.29, 1.82) is 0 Å². The Kier molecular flexibility index (Phi) is 4.66. The maximum Gasteiger partial charge on any atom is 0.269 e. The zero-order valence-corrected chi connectivity index (χ0v) is 15.7. The molecule has 1 aromatic rings. The van der Waals surface area contributed by atoms with Crippen LogP contribution in [-0.2, 0) is 9.59 Å². The highest BCUT2D eigenvalue weighted by Gasteiger charge is 2.54. The molecule has 4 aliphatic rings. The van der Waals surface area contributed by atoms with E-state index in [4.69, 9.17) is 0 Å². The Bertz CT molecular complexity index is 721. The lowest BCUT2D eigenvalue weighted by Gasteiger charge is -2.55. The second kappa shape index (κ2) is 6.98. The lowest BCUT2D eigenvalue weighted by Crippen LogP contribution is -2.55. The van der Waals surface area contributed by atoms with Crippen LogP contribution in [0.3, 0.4) is 0 Å². The van der Waals surface area contributed by atoms with Gasteiger partial charge in [-0.05, 0) is 75.3 Å². The molecule has 0 aromatic heterocycles. The number of benzene rings is 1. The molecule has 4 saturated carbocycles. The molecule has 0 unspecified atom stereocenters. The lowest BCUT2D eigenvalue weighted by molar-refractivity contribution is -0.147. The van der Waals surface area contributed by atoms with E-state index in [1.54, 1.807) is 12.1 Å². The van der Waals surface area contributed by atoms with Gasteiger partial charge in [-0.3, -0.25) is 25.2 Å². The van der Waals surface area contributed by atoms with Crippen LogP contribution in [0.4, 0.5) is 0 Å². The minimum Gasteiger partial charge on any atom is -0.346 e. The number of carbonyl (C=O) groups excluding carboxylic acids is 3. The van der Waals surface area contributed by atoms with Crippen LogP contribution in [-0.4, -0.2) is 24.3 Å². The highest BCUT2D eigenvalue weighted by molar-refractivity contribution is 5.96. The summed E-state index contributed by atoms with van der Waals surface area (Å²) < 4.78 is 0. The van der Waals surface area contributed by atoms with Crippen molar-refractivity contribution in [2.45, 2.75) is 45.4 Å². The molecule has 144 valence electrons. The Balaban J connectivity index is 1.25. The molecule has 0 saturated heterocycles. The van der Waals surface area contributed by atoms with Crippen LogP contribution < -0.4 is 16.2 Å². The third-order valence-corrected chi connectivity index (χ3v) is 6.56. The number of nitrogens with one attached hydrogen (secondary N) is 3. The third kappa shape index (κ3) is 3.70. The molecule has 6 heteroatoms. The minimum atomic E-state index is -0.423. The van der Waals surface area contributed by atoms with Gasteiger partial charge in [0.25, 0.3) is 11.8 Å². The van der Waals surface area contributed by atoms with Gasteiger partial charge in [-0.2, -0.15) is 0 Å². The highest BCUT2D eigenvalue weighted by atomic mass is 16.2. The van der Waals surface area contributed by atoms with Crippen molar-refractivity contribution in [1.82, 2.24) is 16.2 Å². The van der Waals surface area contributed by atoms with Crippen LogP contribution in [0, 0.1) is 30.1 Å². The van der Waals surface area contributed by atoms with Gasteiger partial charge in [0.05, 0.1) is 6.54 Å². The molecule has 4 aliphatic carbocycles. The zero-order valence-electron chi connectivity index (χ0n) is 15.7. The second-order valence-electron chi connectivity index (χ2n) is 8.75. The summed E-state index contributed by atoms with van der Waals surface area (Å²) >= 11 is 0. The molecule has 6 nitrogen and oxygen atoms in total. The van der Waals surface area contributed by atoms with Crippen molar-refractivity contribution in [3.05, 3.63) is 35.4 Å². The van der Waals surface area contributed by atoms with Gasteiger partial charge < -0.3 is 5.32 Å². The zero-order chi connectivity index (χ0) is 19.0. The van der Waals surface area contributed by atoms with Gasteiger partial charge in [-0.15, -0.1) is 0 Å². The van der Waals surface area contributed by atoms with Crippen molar-refractivity contribution >= 4 is 17.7 Å². The first-order chi connectivity index (χ1) is 12.9. The van der Waals surface area contributed by atoms with Crippen molar-refractivity contribution in [3.8, 4) is 0 Å². The summed E-state index contributed by atoms with van der Waals surface area (Å²) in [4.78, 5) is 36.9. The maximum atomic E-state index is 12.8. The summed E-state index contributed by atoms with van der Waals surface area (Å²) in [6, 6.07) is 7.07. The Morgan fingerprint density at radius 3 is 2.04 bits per heavy atom. The predicted octanol–water partition coefficient (Wildman–Crippen LogP) is 2.09. The number of hydrogen-bond acceptors (Lipinski definition) is 3. The fourth-order valence-electron chi connectivity index (χ4n) is 5.68. The number of hydrogen-bond donors (Lipinski definition) is 3. The van der Waals surface area contributed by atoms with Gasteiger partial charge in [0.2, 0.25) is 5.91 Å². The van der Waals surface area contributed by atoms with Gasteiger partial charge in [0, 0.05) is 11.0 Å². The van der Waals surface area contributed by atoms with E-state index in [2.05, 4.69) is 16.2 Å². The molecule has 0 heterocycles. The van der Waals surface area contributed by atoms with E-state index in [0.717, 1.165) is 24.8 Å². The van der Waals surface area contributed by atoms with Crippen molar-refractivity contribution in [2.24, 2.45) is 23.2 Å². The normalized spacial score (nSPS) is 30.6. The summed E-state index contributed by atoms with van der Waals surface area (Å²) in [5, 5.41) is 2.81. The van der Waals surface area contributed by atoms with Crippen LogP contribution in [0.1, 0.15) is 54.4 Å². The molecule has 4 bridgehead atoms. The standard InChI is InChI=1S/C21H27N3O3/c1-13-2-4-17(5-3-13)19(26)24-23-18(25)12-22-20(27)21-9-14-6-15(10-21)8-16(7-14)11-21/h2-5,14-16H,6-12H2,1H3,(H,22,27)(H,23,25)(H,24,26). The van der Waals surface area contributed by atoms with E-state index < -0.39 is 5.91 Å². The van der Waals surface area contributed by atoms with Crippen LogP contribution in [0.25, 0.3) is 0 Å². The molecule has 5 rings (SSSR count). The van der Waals surface area contributed by atoms with E-state index in [0.29, 0.717) is 23.3 Å². The lowest BCUT2D eigenvalue weighted by atomic mass is 9.49. The number of hydrazine groups is 1. The third-order valence-electron chi connectivity index (χ3n) is 6.56. The average molecular weight is 369 g/mol. The molecule has 0 spiro atoms. The first-order valence-electron chi connectivity index (χ1n) is 9.88. The van der Waals surface area contributed by atoms with Gasteiger partial charge >= 0.3 is 0 Å². The highest BCUT2D eigenvalue weighted by Crippen LogP contribution is 2.60. The van der Waals surface area contributed by atoms with E-state index in [9.17, 15) is 14.4 Å². The molecule has 27 heavy (non-hydrogen) atoms. The van der Waals surface area contributed by atoms with Crippen LogP contribution in [0.15, 0.2) is 24.3 Å². The van der Waals surface area contributed by atoms with Crippen LogP contribution >= 0.6 is 0 Å². The number of aryl methyl sites for hydroxylation is 1. The SMILES string of the molecule is Cc1ccc(C(=O)NNC(=O)CNC(=O)C23CC4CC(CC(C4)C2)C3)cc1. The van der Waals surface area contributed by atoms with Crippen molar-refractivity contribution in [2.75, 3.05) is 6.54 Å². The molecule has 4 fully saturated rings. The minimum absolute atomic E-state index is 0.0154. The van der Waals surface area contributed by atoms with Gasteiger partial charge in [0.15, 0.2) is 0 Å². The number of rotatable bonds is 4. The van der Waals surface area contributed by atoms with Crippen molar-refractivity contribution in [3.63, 3.8) is 0 Å². The summed E-state index contributed by atoms with van der Waals surface area (Å²) in [5.74, 6) is 1.27. The summed E-state index contributed by atoms with van der Waals surface area (Å²) in [5.41, 5.74) is 6.02. The van der Waals surface area contributed by atoms with E-state index >= 15 is 0 Å². The molecule has 3 amide bonds. The van der Waals surface area contributed by atoms with E-state index in [1.807, 2.05) is 19.1 Å². The second-order valence-corrected chi connectivity index (χ2v) is 8.75. The topological polar surface area (TPSA) is 87.3 Å². The summed E-state index contributed by atoms with van der Waals surface area (Å²) in [6.45, 7) is 1.82. The molecule has 3 N–H and O–H groups in total. The Hall–Kier alpha value is -2.37. The molecule has 0 radical (unpaired) electrons. The largest absolute Gasteiger partial charge is 0.346 e. The van der Waals surface area contributed by atoms with Crippen LogP contribution in [0.2, 0.25) is 0 Å². The van der Waals surface area contributed by atoms with Gasteiger partial charge in [-0.25, -0.2) is 0 Å². The Labute approximate surface area is 159 Å². The molecule has 0 atom stereocenters. The molecule has 0 aliphatic heterocycles. The molecular weight excluding hydrogens is 342 g/mol. The smallest absolute Gasteiger partial charge is 0.269 e. The van der Waals surface area contributed by atoms with Crippen molar-refractivity contribution < 1.29 is 14.4 Å². The first kappa shape index (κ1) is 18.0. The summed E-state index contributed by atoms with van der Waals surface area (Å²) in [6.07, 6.45) is 6.73. The Morgan fingerprint density at radius 2 is 1.48 bits per heavy atom. The van der Waals surface area contributed by atoms with Crippen LogP contribution in [0.5, 0.6) is 0 Å².